The van der Waals surface area contributed by atoms with Crippen LogP contribution in [0.1, 0.15) is 38.8 Å². The monoisotopic (exact) mass is 342 g/mol. The maximum atomic E-state index is 13.1. The van der Waals surface area contributed by atoms with Crippen LogP contribution in [0, 0.1) is 5.82 Å². The molecule has 1 fully saturated rings. The van der Waals surface area contributed by atoms with Gasteiger partial charge in [-0.05, 0) is 63.4 Å². The van der Waals surface area contributed by atoms with Crippen LogP contribution in [-0.4, -0.2) is 25.4 Å². The number of hydrogen-bond donors (Lipinski definition) is 0. The van der Waals surface area contributed by atoms with Gasteiger partial charge in [-0.1, -0.05) is 24.3 Å². The third-order valence-corrected chi connectivity index (χ3v) is 5.12. The van der Waals surface area contributed by atoms with Crippen molar-refractivity contribution in [1.29, 1.82) is 0 Å². The molecule has 0 bridgehead atoms. The van der Waals surface area contributed by atoms with Crippen LogP contribution in [-0.2, 0) is 15.7 Å². The molecule has 3 rings (SSSR count). The van der Waals surface area contributed by atoms with Gasteiger partial charge in [0.2, 0.25) is 0 Å². The maximum absolute atomic E-state index is 13.1. The van der Waals surface area contributed by atoms with Gasteiger partial charge in [0.25, 0.3) is 0 Å². The molecule has 0 saturated carbocycles. The molecule has 0 spiro atoms. The molecule has 1 heterocycles. The predicted octanol–water partition coefficient (Wildman–Crippen LogP) is 3.72. The van der Waals surface area contributed by atoms with Gasteiger partial charge in [0.1, 0.15) is 11.6 Å². The van der Waals surface area contributed by atoms with E-state index in [0.717, 1.165) is 22.3 Å². The van der Waals surface area contributed by atoms with Gasteiger partial charge >= 0.3 is 7.12 Å². The molecule has 2 aromatic rings. The van der Waals surface area contributed by atoms with Crippen LogP contribution < -0.4 is 10.2 Å². The number of hydrogen-bond acceptors (Lipinski definition) is 3. The largest absolute Gasteiger partial charge is 0.498 e. The third-order valence-electron chi connectivity index (χ3n) is 5.12. The van der Waals surface area contributed by atoms with Crippen LogP contribution in [0.15, 0.2) is 42.5 Å². The quantitative estimate of drug-likeness (QED) is 0.793. The summed E-state index contributed by atoms with van der Waals surface area (Å²) in [6.07, 6.45) is 0.705. The Balaban J connectivity index is 1.90. The zero-order chi connectivity index (χ0) is 18.2. The van der Waals surface area contributed by atoms with Crippen molar-refractivity contribution in [3.63, 3.8) is 0 Å². The van der Waals surface area contributed by atoms with E-state index in [9.17, 15) is 4.39 Å². The average Bonchev–Trinajstić information content (AvgIpc) is 2.77. The first-order valence-corrected chi connectivity index (χ1v) is 8.49. The summed E-state index contributed by atoms with van der Waals surface area (Å²) in [4.78, 5) is 0. The van der Waals surface area contributed by atoms with Crippen molar-refractivity contribution < 1.29 is 18.4 Å². The van der Waals surface area contributed by atoms with E-state index in [1.54, 1.807) is 19.2 Å². The fourth-order valence-corrected chi connectivity index (χ4v) is 2.89. The number of halogens is 1. The van der Waals surface area contributed by atoms with Gasteiger partial charge in [0.15, 0.2) is 0 Å². The summed E-state index contributed by atoms with van der Waals surface area (Å²) in [6, 6.07) is 12.5. The third kappa shape index (κ3) is 3.58. The Morgan fingerprint density at radius 3 is 2.04 bits per heavy atom. The lowest BCUT2D eigenvalue weighted by Gasteiger charge is -2.32. The van der Waals surface area contributed by atoms with Gasteiger partial charge in [-0.3, -0.25) is 0 Å². The zero-order valence-corrected chi connectivity index (χ0v) is 15.4. The lowest BCUT2D eigenvalue weighted by molar-refractivity contribution is 0.00578. The molecule has 1 aliphatic heterocycles. The second-order valence-corrected chi connectivity index (χ2v) is 7.47. The Labute approximate surface area is 149 Å². The molecule has 132 valence electrons. The Kier molecular flexibility index (Phi) is 4.65. The molecular formula is C20H24BFO3. The second kappa shape index (κ2) is 6.47. The van der Waals surface area contributed by atoms with Crippen molar-refractivity contribution in [3.8, 4) is 5.75 Å². The highest BCUT2D eigenvalue weighted by Gasteiger charge is 2.52. The summed E-state index contributed by atoms with van der Waals surface area (Å²) in [5, 5.41) is 0. The van der Waals surface area contributed by atoms with Gasteiger partial charge in [0, 0.05) is 5.46 Å². The summed E-state index contributed by atoms with van der Waals surface area (Å²) in [5.41, 5.74) is 2.20. The lowest BCUT2D eigenvalue weighted by Crippen LogP contribution is -2.41. The first-order chi connectivity index (χ1) is 11.7. The fourth-order valence-electron chi connectivity index (χ4n) is 2.89. The van der Waals surface area contributed by atoms with Gasteiger partial charge in [-0.15, -0.1) is 0 Å². The molecule has 2 aromatic carbocycles. The molecule has 0 aromatic heterocycles. The highest BCUT2D eigenvalue weighted by atomic mass is 19.1. The maximum Gasteiger partial charge on any atom is 0.498 e. The lowest BCUT2D eigenvalue weighted by atomic mass is 9.77. The summed E-state index contributed by atoms with van der Waals surface area (Å²) < 4.78 is 30.9. The van der Waals surface area contributed by atoms with Crippen molar-refractivity contribution in [2.45, 2.75) is 45.3 Å². The van der Waals surface area contributed by atoms with E-state index in [0.29, 0.717) is 6.42 Å². The van der Waals surface area contributed by atoms with E-state index < -0.39 is 18.3 Å². The SMILES string of the molecule is COc1ccc(Cc2ccc(F)cc2)cc1B1OC(C)(C)C(C)(C)O1. The standard InChI is InChI=1S/C20H24BFO3/c1-19(2)20(3,4)25-21(24-19)17-13-15(8-11-18(17)23-5)12-14-6-9-16(22)10-7-14/h6-11,13H,12H2,1-5H3. The summed E-state index contributed by atoms with van der Waals surface area (Å²) >= 11 is 0. The van der Waals surface area contributed by atoms with Gasteiger partial charge in [-0.2, -0.15) is 0 Å². The molecule has 1 saturated heterocycles. The molecule has 0 unspecified atom stereocenters. The second-order valence-electron chi connectivity index (χ2n) is 7.47. The zero-order valence-electron chi connectivity index (χ0n) is 15.4. The van der Waals surface area contributed by atoms with Crippen LogP contribution in [0.25, 0.3) is 0 Å². The van der Waals surface area contributed by atoms with Crippen LogP contribution >= 0.6 is 0 Å². The highest BCUT2D eigenvalue weighted by Crippen LogP contribution is 2.37. The molecule has 5 heteroatoms. The minimum atomic E-state index is -0.479. The van der Waals surface area contributed by atoms with E-state index in [2.05, 4.69) is 0 Å². The van der Waals surface area contributed by atoms with E-state index in [1.807, 2.05) is 45.9 Å². The Morgan fingerprint density at radius 2 is 1.48 bits per heavy atom. The van der Waals surface area contributed by atoms with Crippen LogP contribution in [0.5, 0.6) is 5.75 Å². The molecular weight excluding hydrogens is 318 g/mol. The van der Waals surface area contributed by atoms with Gasteiger partial charge in [-0.25, -0.2) is 4.39 Å². The highest BCUT2D eigenvalue weighted by molar-refractivity contribution is 6.63. The topological polar surface area (TPSA) is 27.7 Å². The van der Waals surface area contributed by atoms with Crippen molar-refractivity contribution >= 4 is 12.6 Å². The van der Waals surface area contributed by atoms with Gasteiger partial charge < -0.3 is 14.0 Å². The van der Waals surface area contributed by atoms with Crippen LogP contribution in [0.2, 0.25) is 0 Å². The first-order valence-electron chi connectivity index (χ1n) is 8.49. The molecule has 0 radical (unpaired) electrons. The number of ether oxygens (including phenoxy) is 1. The molecule has 25 heavy (non-hydrogen) atoms. The van der Waals surface area contributed by atoms with E-state index in [-0.39, 0.29) is 5.82 Å². The molecule has 3 nitrogen and oxygen atoms in total. The predicted molar refractivity (Wildman–Crippen MR) is 97.9 cm³/mol. The Morgan fingerprint density at radius 1 is 0.920 bits per heavy atom. The van der Waals surface area contributed by atoms with Crippen LogP contribution in [0.3, 0.4) is 0 Å². The van der Waals surface area contributed by atoms with Crippen molar-refractivity contribution in [1.82, 2.24) is 0 Å². The smallest absolute Gasteiger partial charge is 0.497 e. The Bertz CT molecular complexity index is 740. The normalized spacial score (nSPS) is 18.4. The average molecular weight is 342 g/mol. The molecule has 0 aliphatic carbocycles. The molecule has 0 amide bonds. The number of benzene rings is 2. The van der Waals surface area contributed by atoms with Crippen molar-refractivity contribution in [3.05, 3.63) is 59.4 Å². The van der Waals surface area contributed by atoms with E-state index in [1.165, 1.54) is 12.1 Å². The number of rotatable bonds is 4. The minimum absolute atomic E-state index is 0.226. The summed E-state index contributed by atoms with van der Waals surface area (Å²) in [7, 11) is 1.16. The first kappa shape index (κ1) is 18.0. The van der Waals surface area contributed by atoms with Crippen molar-refractivity contribution in [2.75, 3.05) is 7.11 Å². The van der Waals surface area contributed by atoms with Crippen molar-refractivity contribution in [2.24, 2.45) is 0 Å². The Hall–Kier alpha value is -1.85. The van der Waals surface area contributed by atoms with Gasteiger partial charge in [0.05, 0.1) is 18.3 Å². The molecule has 0 N–H and O–H groups in total. The van der Waals surface area contributed by atoms with E-state index in [4.69, 9.17) is 14.0 Å². The summed E-state index contributed by atoms with van der Waals surface area (Å²) in [5.74, 6) is 0.512. The molecule has 1 aliphatic rings. The minimum Gasteiger partial charge on any atom is -0.497 e. The number of methoxy groups -OCH3 is 1. The van der Waals surface area contributed by atoms with Crippen LogP contribution in [0.4, 0.5) is 4.39 Å². The molecule has 0 atom stereocenters. The van der Waals surface area contributed by atoms with E-state index >= 15 is 0 Å². The summed E-state index contributed by atoms with van der Waals surface area (Å²) in [6.45, 7) is 8.12. The fraction of sp³-hybridized carbons (Fsp3) is 0.400.